The molecule has 21 atom stereocenters. The highest BCUT2D eigenvalue weighted by atomic mass is 16.8. The van der Waals surface area contributed by atoms with Crippen LogP contribution in [0.4, 0.5) is 0 Å². The van der Waals surface area contributed by atoms with Crippen LogP contribution in [0.3, 0.4) is 0 Å². The first kappa shape index (κ1) is 54.9. The number of aliphatic hydroxyl groups excluding tert-OH is 3. The molecule has 3 N–H and O–H groups in total. The maximum absolute atomic E-state index is 9.75. The number of hydrogen-bond donors (Lipinski definition) is 3. The molecule has 0 aromatic carbocycles. The molecule has 0 aliphatic carbocycles. The van der Waals surface area contributed by atoms with Crippen molar-refractivity contribution in [3.63, 3.8) is 0 Å². The summed E-state index contributed by atoms with van der Waals surface area (Å²) in [4.78, 5) is 0. The molecular formula is C49H82O22. The fraction of sp³-hybridized carbons (Fsp3) is 1.00. The summed E-state index contributed by atoms with van der Waals surface area (Å²) in [6, 6.07) is 0. The summed E-state index contributed by atoms with van der Waals surface area (Å²) < 4.78 is 118. The molecule has 22 heteroatoms. The Labute approximate surface area is 417 Å². The van der Waals surface area contributed by atoms with Crippen LogP contribution in [0.25, 0.3) is 0 Å². The van der Waals surface area contributed by atoms with Gasteiger partial charge in [-0.1, -0.05) is 0 Å². The Balaban J connectivity index is 0.721. The van der Waals surface area contributed by atoms with Crippen LogP contribution < -0.4 is 0 Å². The zero-order valence-corrected chi connectivity index (χ0v) is 41.6. The molecule has 71 heavy (non-hydrogen) atoms. The van der Waals surface area contributed by atoms with Crippen molar-refractivity contribution in [3.8, 4) is 0 Å². The standard InChI is InChI=1S/C49H82O22/c1-53-32-6-11-44(57-23-32)71-40-28-61-48(17-37(40)68-43-10-4-30(19-51)22-56-43)64-33-7-12-41(58-24-33)65-35-15-38(69-46-14-5-31(20-52)63-46)49(62-26-35)66-34-8-13-45(59-25-34)70-39-27-60-47(54-2)16-36(39)67-42-9-3-29(18-50)21-55-42/h29-52H,3-28H2,1-2H3. The highest BCUT2D eigenvalue weighted by molar-refractivity contribution is 4.85. The minimum Gasteiger partial charge on any atom is -0.396 e. The van der Waals surface area contributed by atoms with E-state index in [0.29, 0.717) is 103 Å². The summed E-state index contributed by atoms with van der Waals surface area (Å²) in [5.74, 6) is 0.241. The van der Waals surface area contributed by atoms with E-state index in [-0.39, 0.29) is 126 Å². The quantitative estimate of drug-likeness (QED) is 0.150. The number of aliphatic hydroxyl groups is 3. The van der Waals surface area contributed by atoms with E-state index < -0.39 is 50.1 Å². The first-order valence-electron chi connectivity index (χ1n) is 26.5. The van der Waals surface area contributed by atoms with Gasteiger partial charge in [-0.25, -0.2) is 0 Å². The van der Waals surface area contributed by atoms with Crippen molar-refractivity contribution in [1.29, 1.82) is 0 Å². The molecular weight excluding hydrogens is 941 g/mol. The predicted octanol–water partition coefficient (Wildman–Crippen LogP) is 2.37. The van der Waals surface area contributed by atoms with E-state index in [0.717, 1.165) is 19.3 Å². The fourth-order valence-corrected chi connectivity index (χ4v) is 10.7. The molecule has 21 unspecified atom stereocenters. The van der Waals surface area contributed by atoms with Gasteiger partial charge in [-0.3, -0.25) is 0 Å². The van der Waals surface area contributed by atoms with E-state index in [2.05, 4.69) is 0 Å². The van der Waals surface area contributed by atoms with Crippen molar-refractivity contribution in [1.82, 2.24) is 0 Å². The molecule has 0 bridgehead atoms. The lowest BCUT2D eigenvalue weighted by Gasteiger charge is -2.42. The van der Waals surface area contributed by atoms with Gasteiger partial charge < -0.3 is 105 Å². The summed E-state index contributed by atoms with van der Waals surface area (Å²) >= 11 is 0. The van der Waals surface area contributed by atoms with Gasteiger partial charge in [0.15, 0.2) is 56.6 Å². The van der Waals surface area contributed by atoms with Gasteiger partial charge in [-0.2, -0.15) is 0 Å². The largest absolute Gasteiger partial charge is 0.396 e. The molecule has 9 aliphatic rings. The van der Waals surface area contributed by atoms with Crippen LogP contribution in [0, 0.1) is 11.8 Å². The maximum Gasteiger partial charge on any atom is 0.184 e. The van der Waals surface area contributed by atoms with E-state index in [1.807, 2.05) is 0 Å². The molecule has 0 spiro atoms. The molecule has 410 valence electrons. The van der Waals surface area contributed by atoms with Gasteiger partial charge >= 0.3 is 0 Å². The Bertz CT molecular complexity index is 1480. The van der Waals surface area contributed by atoms with Crippen molar-refractivity contribution in [2.75, 3.05) is 86.9 Å². The number of rotatable bonds is 21. The third-order valence-electron chi connectivity index (χ3n) is 15.1. The van der Waals surface area contributed by atoms with E-state index in [1.54, 1.807) is 14.2 Å². The van der Waals surface area contributed by atoms with Gasteiger partial charge in [0.2, 0.25) is 0 Å². The average Bonchev–Trinajstić information content (AvgIpc) is 3.87. The van der Waals surface area contributed by atoms with Gasteiger partial charge in [-0.05, 0) is 51.4 Å². The Hall–Kier alpha value is -0.880. The van der Waals surface area contributed by atoms with Crippen LogP contribution >= 0.6 is 0 Å². The monoisotopic (exact) mass is 1020 g/mol. The second-order valence-corrected chi connectivity index (χ2v) is 20.4. The summed E-state index contributed by atoms with van der Waals surface area (Å²) in [6.07, 6.45) is 2.61. The summed E-state index contributed by atoms with van der Waals surface area (Å²) in [5.41, 5.74) is 0. The molecule has 9 heterocycles. The van der Waals surface area contributed by atoms with Gasteiger partial charge in [0, 0.05) is 84.2 Å². The van der Waals surface area contributed by atoms with Gasteiger partial charge in [0.25, 0.3) is 0 Å². The molecule has 9 aliphatic heterocycles. The maximum atomic E-state index is 9.75. The number of hydrogen-bond acceptors (Lipinski definition) is 22. The third kappa shape index (κ3) is 16.1. The second kappa shape index (κ2) is 28.0. The smallest absolute Gasteiger partial charge is 0.184 e. The minimum absolute atomic E-state index is 0.0582. The van der Waals surface area contributed by atoms with Crippen LogP contribution in [0.1, 0.15) is 96.3 Å². The highest BCUT2D eigenvalue weighted by Crippen LogP contribution is 2.35. The average molecular weight is 1020 g/mol. The highest BCUT2D eigenvalue weighted by Gasteiger charge is 2.44. The molecule has 0 amide bonds. The zero-order chi connectivity index (χ0) is 48.9. The van der Waals surface area contributed by atoms with Gasteiger partial charge in [-0.15, -0.1) is 0 Å². The van der Waals surface area contributed by atoms with Crippen molar-refractivity contribution < 1.29 is 105 Å². The SMILES string of the molecule is COC1CCC(OC2COC(OC3CCC(OC4COC(OC5CCC(OC6COC(OC)CC6OC6CCC(CO)CO6)OC5)C(OC5CCC(CO)O5)C4)OC3)CC2OC2CCC(CO)CO2)OC1. The normalized spacial score (nSPS) is 45.2. The van der Waals surface area contributed by atoms with Crippen LogP contribution in [0.5, 0.6) is 0 Å². The second-order valence-electron chi connectivity index (χ2n) is 20.4. The first-order chi connectivity index (χ1) is 34.8. The Kier molecular flexibility index (Phi) is 21.6. The molecule has 22 nitrogen and oxygen atoms in total. The Morgan fingerprint density at radius 1 is 0.324 bits per heavy atom. The Morgan fingerprint density at radius 2 is 0.775 bits per heavy atom. The molecule has 0 aromatic heterocycles. The number of methoxy groups -OCH3 is 2. The third-order valence-corrected chi connectivity index (χ3v) is 15.1. The van der Waals surface area contributed by atoms with E-state index in [1.165, 1.54) is 0 Å². The number of ether oxygens (including phenoxy) is 19. The Morgan fingerprint density at radius 3 is 1.28 bits per heavy atom. The van der Waals surface area contributed by atoms with Crippen molar-refractivity contribution in [2.24, 2.45) is 11.8 Å². The lowest BCUT2D eigenvalue weighted by Crippen LogP contribution is -2.51. The van der Waals surface area contributed by atoms with Gasteiger partial charge in [0.1, 0.15) is 18.3 Å². The van der Waals surface area contributed by atoms with Crippen LogP contribution in [-0.4, -0.2) is 220 Å². The summed E-state index contributed by atoms with van der Waals surface area (Å²) in [5, 5.41) is 28.9. The lowest BCUT2D eigenvalue weighted by molar-refractivity contribution is -0.330. The minimum atomic E-state index is -0.701. The van der Waals surface area contributed by atoms with Gasteiger partial charge in [0.05, 0.1) is 102 Å². The molecule has 9 rings (SSSR count). The van der Waals surface area contributed by atoms with Crippen LogP contribution in [0.15, 0.2) is 0 Å². The zero-order valence-electron chi connectivity index (χ0n) is 41.6. The van der Waals surface area contributed by atoms with E-state index in [9.17, 15) is 15.3 Å². The molecule has 9 fully saturated rings. The van der Waals surface area contributed by atoms with Crippen molar-refractivity contribution in [3.05, 3.63) is 0 Å². The molecule has 0 radical (unpaired) electrons. The first-order valence-corrected chi connectivity index (χ1v) is 26.5. The predicted molar refractivity (Wildman–Crippen MR) is 241 cm³/mol. The molecule has 0 aromatic rings. The fourth-order valence-electron chi connectivity index (χ4n) is 10.7. The van der Waals surface area contributed by atoms with Crippen LogP contribution in [-0.2, 0) is 90.0 Å². The van der Waals surface area contributed by atoms with Crippen molar-refractivity contribution in [2.45, 2.75) is 214 Å². The molecule has 0 saturated carbocycles. The van der Waals surface area contributed by atoms with E-state index in [4.69, 9.17) is 90.0 Å². The summed E-state index contributed by atoms with van der Waals surface area (Å²) in [7, 11) is 3.30. The topological polar surface area (TPSA) is 236 Å². The lowest BCUT2D eigenvalue weighted by atomic mass is 10.0. The molecule has 9 saturated heterocycles. The van der Waals surface area contributed by atoms with Crippen LogP contribution in [0.2, 0.25) is 0 Å². The summed E-state index contributed by atoms with van der Waals surface area (Å²) in [6.45, 7) is 2.94. The van der Waals surface area contributed by atoms with Crippen molar-refractivity contribution >= 4 is 0 Å². The van der Waals surface area contributed by atoms with E-state index >= 15 is 0 Å².